The molecular weight excluding hydrogens is 426 g/mol. The molecule has 164 valence electrons. The van der Waals surface area contributed by atoms with Crippen molar-refractivity contribution in [1.82, 2.24) is 16.2 Å². The van der Waals surface area contributed by atoms with Gasteiger partial charge in [0.15, 0.2) is 23.2 Å². The van der Waals surface area contributed by atoms with Gasteiger partial charge in [-0.1, -0.05) is 72.8 Å². The summed E-state index contributed by atoms with van der Waals surface area (Å²) in [4.78, 5) is 25.1. The number of methoxy groups -OCH3 is 1. The van der Waals surface area contributed by atoms with E-state index in [0.717, 1.165) is 11.1 Å². The third-order valence-electron chi connectivity index (χ3n) is 4.51. The van der Waals surface area contributed by atoms with Crippen LogP contribution in [0.3, 0.4) is 0 Å². The summed E-state index contributed by atoms with van der Waals surface area (Å²) >= 11 is 5.17. The first-order valence-corrected chi connectivity index (χ1v) is 10.2. The second-order valence-corrected chi connectivity index (χ2v) is 7.09. The molecule has 0 aromatic heterocycles. The molecule has 0 radical (unpaired) electrons. The first kappa shape index (κ1) is 22.8. The normalized spacial score (nSPS) is 10.2. The molecule has 0 saturated carbocycles. The van der Waals surface area contributed by atoms with Gasteiger partial charge in [-0.05, 0) is 35.5 Å². The molecule has 0 aliphatic carbocycles. The summed E-state index contributed by atoms with van der Waals surface area (Å²) in [7, 11) is 1.52. The number of amides is 2. The zero-order chi connectivity index (χ0) is 22.8. The number of hydrazine groups is 1. The minimum Gasteiger partial charge on any atom is -0.493 e. The van der Waals surface area contributed by atoms with Gasteiger partial charge in [0.1, 0.15) is 0 Å². The Morgan fingerprint density at radius 1 is 0.812 bits per heavy atom. The number of carbonyl (C=O) groups is 2. The summed E-state index contributed by atoms with van der Waals surface area (Å²) in [5, 5.41) is 2.60. The van der Waals surface area contributed by atoms with Crippen LogP contribution in [0, 0.1) is 0 Å². The number of hydrogen-bond donors (Lipinski definition) is 3. The highest BCUT2D eigenvalue weighted by molar-refractivity contribution is 7.80. The molecule has 0 spiro atoms. The fourth-order valence-corrected chi connectivity index (χ4v) is 3.20. The van der Waals surface area contributed by atoms with Crippen LogP contribution in [0.25, 0.3) is 0 Å². The Morgan fingerprint density at radius 2 is 1.34 bits per heavy atom. The number of para-hydroxylation sites is 2. The van der Waals surface area contributed by atoms with Gasteiger partial charge >= 0.3 is 0 Å². The molecule has 0 aliphatic rings. The molecule has 0 saturated heterocycles. The second-order valence-electron chi connectivity index (χ2n) is 6.69. The molecule has 7 nitrogen and oxygen atoms in total. The standard InChI is InChI=1S/C24H23N3O4S/c1-30-19-14-8-9-15-20(19)31-16-21(28)26-27-24(32)25-23(29)22(17-10-4-2-5-11-17)18-12-6-3-7-13-18/h2-15,22H,16H2,1H3,(H,26,28)(H2,25,27,29,32). The van der Waals surface area contributed by atoms with E-state index < -0.39 is 11.8 Å². The van der Waals surface area contributed by atoms with Gasteiger partial charge in [-0.15, -0.1) is 0 Å². The first-order valence-electron chi connectivity index (χ1n) is 9.84. The van der Waals surface area contributed by atoms with E-state index in [4.69, 9.17) is 21.7 Å². The van der Waals surface area contributed by atoms with E-state index in [1.807, 2.05) is 60.7 Å². The number of carbonyl (C=O) groups excluding carboxylic acids is 2. The number of nitrogens with one attached hydrogen (secondary N) is 3. The summed E-state index contributed by atoms with van der Waals surface area (Å²) < 4.78 is 10.6. The van der Waals surface area contributed by atoms with Crippen molar-refractivity contribution in [2.24, 2.45) is 0 Å². The maximum Gasteiger partial charge on any atom is 0.276 e. The third kappa shape index (κ3) is 6.29. The average Bonchev–Trinajstić information content (AvgIpc) is 2.83. The zero-order valence-corrected chi connectivity index (χ0v) is 18.2. The SMILES string of the molecule is COc1ccccc1OCC(=O)NNC(=S)NC(=O)C(c1ccccc1)c1ccccc1. The van der Waals surface area contributed by atoms with Crippen molar-refractivity contribution >= 4 is 29.1 Å². The Morgan fingerprint density at radius 3 is 1.91 bits per heavy atom. The molecule has 0 bridgehead atoms. The van der Waals surface area contributed by atoms with Crippen molar-refractivity contribution in [3.63, 3.8) is 0 Å². The maximum atomic E-state index is 13.0. The van der Waals surface area contributed by atoms with Gasteiger partial charge in [0.2, 0.25) is 5.91 Å². The van der Waals surface area contributed by atoms with Crippen LogP contribution in [0.15, 0.2) is 84.9 Å². The van der Waals surface area contributed by atoms with Crippen LogP contribution in [-0.4, -0.2) is 30.6 Å². The number of hydrogen-bond acceptors (Lipinski definition) is 5. The molecule has 0 fully saturated rings. The fraction of sp³-hybridized carbons (Fsp3) is 0.125. The number of thiocarbonyl (C=S) groups is 1. The Balaban J connectivity index is 1.55. The lowest BCUT2D eigenvalue weighted by molar-refractivity contribution is -0.124. The molecule has 8 heteroatoms. The molecule has 0 aliphatic heterocycles. The molecule has 0 unspecified atom stereocenters. The van der Waals surface area contributed by atoms with Crippen LogP contribution in [0.4, 0.5) is 0 Å². The highest BCUT2D eigenvalue weighted by Crippen LogP contribution is 2.26. The number of ether oxygens (including phenoxy) is 2. The summed E-state index contributed by atoms with van der Waals surface area (Å²) in [5.74, 6) is -0.394. The van der Waals surface area contributed by atoms with Gasteiger partial charge < -0.3 is 14.8 Å². The van der Waals surface area contributed by atoms with E-state index in [2.05, 4.69) is 16.2 Å². The summed E-state index contributed by atoms with van der Waals surface area (Å²) in [6.45, 7) is -0.263. The van der Waals surface area contributed by atoms with Crippen LogP contribution >= 0.6 is 12.2 Å². The summed E-state index contributed by atoms with van der Waals surface area (Å²) in [6.07, 6.45) is 0. The quantitative estimate of drug-likeness (QED) is 0.380. The Bertz CT molecular complexity index is 1020. The van der Waals surface area contributed by atoms with Gasteiger partial charge in [0.05, 0.1) is 13.0 Å². The van der Waals surface area contributed by atoms with Crippen LogP contribution in [0.5, 0.6) is 11.5 Å². The second kappa shape index (κ2) is 11.5. The molecule has 32 heavy (non-hydrogen) atoms. The van der Waals surface area contributed by atoms with E-state index in [-0.39, 0.29) is 17.6 Å². The molecule has 3 rings (SSSR count). The predicted molar refractivity (Wildman–Crippen MR) is 125 cm³/mol. The van der Waals surface area contributed by atoms with Gasteiger partial charge in [0.25, 0.3) is 5.91 Å². The van der Waals surface area contributed by atoms with Crippen molar-refractivity contribution < 1.29 is 19.1 Å². The molecule has 0 heterocycles. The third-order valence-corrected chi connectivity index (χ3v) is 4.71. The van der Waals surface area contributed by atoms with Crippen LogP contribution in [0.2, 0.25) is 0 Å². The van der Waals surface area contributed by atoms with Crippen LogP contribution < -0.4 is 25.6 Å². The molecule has 2 amide bonds. The van der Waals surface area contributed by atoms with Gasteiger partial charge in [0, 0.05) is 0 Å². The zero-order valence-electron chi connectivity index (χ0n) is 17.4. The van der Waals surface area contributed by atoms with E-state index in [1.165, 1.54) is 7.11 Å². The van der Waals surface area contributed by atoms with Gasteiger partial charge in [-0.25, -0.2) is 0 Å². The lowest BCUT2D eigenvalue weighted by Gasteiger charge is -2.19. The van der Waals surface area contributed by atoms with E-state index in [9.17, 15) is 9.59 Å². The van der Waals surface area contributed by atoms with Crippen molar-refractivity contribution in [2.75, 3.05) is 13.7 Å². The minimum absolute atomic E-state index is 0.0301. The topological polar surface area (TPSA) is 88.7 Å². The molecular formula is C24H23N3O4S. The first-order chi connectivity index (χ1) is 15.6. The Hall–Kier alpha value is -3.91. The molecule has 3 N–H and O–H groups in total. The average molecular weight is 450 g/mol. The van der Waals surface area contributed by atoms with Crippen molar-refractivity contribution in [3.8, 4) is 11.5 Å². The minimum atomic E-state index is -0.554. The molecule has 0 atom stereocenters. The lowest BCUT2D eigenvalue weighted by atomic mass is 9.90. The monoisotopic (exact) mass is 449 g/mol. The lowest BCUT2D eigenvalue weighted by Crippen LogP contribution is -2.50. The predicted octanol–water partition coefficient (Wildman–Crippen LogP) is 2.93. The number of benzene rings is 3. The fourth-order valence-electron chi connectivity index (χ4n) is 3.05. The molecule has 3 aromatic rings. The summed E-state index contributed by atoms with van der Waals surface area (Å²) in [6, 6.07) is 25.8. The smallest absolute Gasteiger partial charge is 0.276 e. The maximum absolute atomic E-state index is 13.0. The highest BCUT2D eigenvalue weighted by Gasteiger charge is 2.23. The van der Waals surface area contributed by atoms with Crippen LogP contribution in [0.1, 0.15) is 17.0 Å². The van der Waals surface area contributed by atoms with Crippen molar-refractivity contribution in [1.29, 1.82) is 0 Å². The Labute approximate surface area is 191 Å². The Kier molecular flexibility index (Phi) is 8.16. The largest absolute Gasteiger partial charge is 0.493 e. The van der Waals surface area contributed by atoms with Crippen LogP contribution in [-0.2, 0) is 9.59 Å². The van der Waals surface area contributed by atoms with Crippen molar-refractivity contribution in [3.05, 3.63) is 96.1 Å². The summed E-state index contributed by atoms with van der Waals surface area (Å²) in [5.41, 5.74) is 6.58. The number of rotatable bonds is 7. The highest BCUT2D eigenvalue weighted by atomic mass is 32.1. The van der Waals surface area contributed by atoms with E-state index >= 15 is 0 Å². The van der Waals surface area contributed by atoms with Gasteiger partial charge in [-0.3, -0.25) is 20.4 Å². The molecule has 3 aromatic carbocycles. The van der Waals surface area contributed by atoms with E-state index in [1.54, 1.807) is 24.3 Å². The van der Waals surface area contributed by atoms with E-state index in [0.29, 0.717) is 11.5 Å². The van der Waals surface area contributed by atoms with Gasteiger partial charge in [-0.2, -0.15) is 0 Å². The van der Waals surface area contributed by atoms with Crippen molar-refractivity contribution in [2.45, 2.75) is 5.92 Å².